The summed E-state index contributed by atoms with van der Waals surface area (Å²) in [6, 6.07) is 6.85. The first-order valence-corrected chi connectivity index (χ1v) is 9.22. The van der Waals surface area contributed by atoms with E-state index in [0.717, 1.165) is 31.2 Å². The number of carbonyl (C=O) groups is 1. The quantitative estimate of drug-likeness (QED) is 0.700. The van der Waals surface area contributed by atoms with Gasteiger partial charge < -0.3 is 15.4 Å². The van der Waals surface area contributed by atoms with Gasteiger partial charge in [0.25, 0.3) is 5.91 Å². The highest BCUT2D eigenvalue weighted by atomic mass is 35.5. The van der Waals surface area contributed by atoms with Crippen molar-refractivity contribution in [3.8, 4) is 0 Å². The van der Waals surface area contributed by atoms with Gasteiger partial charge in [-0.05, 0) is 36.6 Å². The van der Waals surface area contributed by atoms with E-state index in [4.69, 9.17) is 11.6 Å². The second-order valence-electron chi connectivity index (χ2n) is 6.71. The summed E-state index contributed by atoms with van der Waals surface area (Å²) in [6.07, 6.45) is 6.21. The van der Waals surface area contributed by atoms with E-state index in [2.05, 4.69) is 15.3 Å². The van der Waals surface area contributed by atoms with Crippen molar-refractivity contribution < 1.29 is 9.90 Å². The topological polar surface area (TPSA) is 95.1 Å². The van der Waals surface area contributed by atoms with Gasteiger partial charge in [-0.1, -0.05) is 36.9 Å². The number of nitrogens with one attached hydrogen (secondary N) is 2. The van der Waals surface area contributed by atoms with Crippen LogP contribution in [-0.4, -0.2) is 27.2 Å². The molecule has 3 rings (SSSR count). The summed E-state index contributed by atoms with van der Waals surface area (Å²) in [4.78, 5) is 30.1. The SMILES string of the molecule is O=C(NC(O)C1CCCCC1)c1cc(Cc2ccnc(=O)[nH]2)ccc1Cl. The van der Waals surface area contributed by atoms with Crippen molar-refractivity contribution in [3.63, 3.8) is 0 Å². The fourth-order valence-electron chi connectivity index (χ4n) is 3.37. The van der Waals surface area contributed by atoms with Gasteiger partial charge in [-0.2, -0.15) is 0 Å². The van der Waals surface area contributed by atoms with Gasteiger partial charge in [-0.3, -0.25) is 4.79 Å². The number of H-pyrrole nitrogens is 1. The van der Waals surface area contributed by atoms with Gasteiger partial charge in [0.15, 0.2) is 0 Å². The number of aliphatic hydroxyl groups is 1. The first-order valence-electron chi connectivity index (χ1n) is 8.84. The second kappa shape index (κ2) is 8.47. The number of hydrogen-bond acceptors (Lipinski definition) is 4. The lowest BCUT2D eigenvalue weighted by molar-refractivity contribution is 0.0463. The number of amides is 1. The number of nitrogens with zero attached hydrogens (tertiary/aromatic N) is 1. The monoisotopic (exact) mass is 375 g/mol. The molecular formula is C19H22ClN3O3. The molecule has 0 aliphatic heterocycles. The lowest BCUT2D eigenvalue weighted by Crippen LogP contribution is -2.41. The van der Waals surface area contributed by atoms with Gasteiger partial charge in [-0.25, -0.2) is 9.78 Å². The van der Waals surface area contributed by atoms with Crippen molar-refractivity contribution in [1.29, 1.82) is 0 Å². The molecule has 1 aliphatic rings. The molecule has 1 heterocycles. The Kier molecular flexibility index (Phi) is 6.06. The Morgan fingerprint density at radius 3 is 2.81 bits per heavy atom. The van der Waals surface area contributed by atoms with Crippen LogP contribution in [-0.2, 0) is 6.42 Å². The summed E-state index contributed by atoms with van der Waals surface area (Å²) >= 11 is 6.18. The average molecular weight is 376 g/mol. The lowest BCUT2D eigenvalue weighted by Gasteiger charge is -2.27. The molecule has 138 valence electrons. The molecule has 1 aromatic carbocycles. The Bertz CT molecular complexity index is 831. The minimum absolute atomic E-state index is 0.0940. The Morgan fingerprint density at radius 2 is 2.08 bits per heavy atom. The Morgan fingerprint density at radius 1 is 1.31 bits per heavy atom. The van der Waals surface area contributed by atoms with Crippen molar-refractivity contribution in [2.24, 2.45) is 5.92 Å². The third-order valence-corrected chi connectivity index (χ3v) is 5.11. The highest BCUT2D eigenvalue weighted by Gasteiger charge is 2.24. The molecule has 3 N–H and O–H groups in total. The summed E-state index contributed by atoms with van der Waals surface area (Å²) in [5, 5.41) is 13.3. The van der Waals surface area contributed by atoms with Gasteiger partial charge in [0.05, 0.1) is 10.6 Å². The Labute approximate surface area is 156 Å². The zero-order chi connectivity index (χ0) is 18.5. The van der Waals surface area contributed by atoms with Gasteiger partial charge in [0.1, 0.15) is 6.23 Å². The highest BCUT2D eigenvalue weighted by molar-refractivity contribution is 6.33. The van der Waals surface area contributed by atoms with E-state index in [0.29, 0.717) is 22.7 Å². The van der Waals surface area contributed by atoms with Crippen LogP contribution >= 0.6 is 11.6 Å². The van der Waals surface area contributed by atoms with E-state index < -0.39 is 17.8 Å². The number of rotatable bonds is 5. The predicted octanol–water partition coefficient (Wildman–Crippen LogP) is 2.64. The third kappa shape index (κ3) is 4.71. The van der Waals surface area contributed by atoms with Crippen molar-refractivity contribution in [2.45, 2.75) is 44.8 Å². The molecule has 0 bridgehead atoms. The average Bonchev–Trinajstić information content (AvgIpc) is 2.64. The van der Waals surface area contributed by atoms with Crippen LogP contribution in [0, 0.1) is 5.92 Å². The Balaban J connectivity index is 1.72. The van der Waals surface area contributed by atoms with Crippen LogP contribution < -0.4 is 11.0 Å². The largest absolute Gasteiger partial charge is 0.373 e. The summed E-state index contributed by atoms with van der Waals surface area (Å²) in [5.74, 6) is -0.297. The molecule has 26 heavy (non-hydrogen) atoms. The predicted molar refractivity (Wildman–Crippen MR) is 99.2 cm³/mol. The maximum atomic E-state index is 12.6. The molecule has 1 aliphatic carbocycles. The fraction of sp³-hybridized carbons (Fsp3) is 0.421. The number of hydrogen-bond donors (Lipinski definition) is 3. The van der Waals surface area contributed by atoms with Crippen LogP contribution in [0.4, 0.5) is 0 Å². The van der Waals surface area contributed by atoms with E-state index in [1.54, 1.807) is 24.3 Å². The van der Waals surface area contributed by atoms with Crippen LogP contribution in [0.2, 0.25) is 5.02 Å². The van der Waals surface area contributed by atoms with E-state index >= 15 is 0 Å². The molecule has 1 atom stereocenters. The van der Waals surface area contributed by atoms with E-state index in [1.807, 2.05) is 0 Å². The van der Waals surface area contributed by atoms with Gasteiger partial charge in [0, 0.05) is 24.2 Å². The minimum Gasteiger partial charge on any atom is -0.373 e. The number of aromatic nitrogens is 2. The molecule has 1 fully saturated rings. The fourth-order valence-corrected chi connectivity index (χ4v) is 3.57. The van der Waals surface area contributed by atoms with E-state index in [-0.39, 0.29) is 5.92 Å². The molecule has 2 aromatic rings. The molecule has 1 aromatic heterocycles. The van der Waals surface area contributed by atoms with Crippen molar-refractivity contribution in [3.05, 3.63) is 62.8 Å². The van der Waals surface area contributed by atoms with Crippen LogP contribution in [0.3, 0.4) is 0 Å². The summed E-state index contributed by atoms with van der Waals surface area (Å²) in [7, 11) is 0. The Hall–Kier alpha value is -2.18. The zero-order valence-electron chi connectivity index (χ0n) is 14.4. The number of carbonyl (C=O) groups excluding carboxylic acids is 1. The van der Waals surface area contributed by atoms with Gasteiger partial charge in [0.2, 0.25) is 0 Å². The number of aromatic amines is 1. The molecule has 1 saturated carbocycles. The van der Waals surface area contributed by atoms with Gasteiger partial charge >= 0.3 is 5.69 Å². The third-order valence-electron chi connectivity index (χ3n) is 4.78. The first kappa shape index (κ1) is 18.6. The summed E-state index contributed by atoms with van der Waals surface area (Å²) < 4.78 is 0. The maximum Gasteiger partial charge on any atom is 0.345 e. The molecular weight excluding hydrogens is 354 g/mol. The minimum atomic E-state index is -0.862. The van der Waals surface area contributed by atoms with Gasteiger partial charge in [-0.15, -0.1) is 0 Å². The molecule has 1 amide bonds. The summed E-state index contributed by atoms with van der Waals surface area (Å²) in [5.41, 5.74) is 1.43. The lowest BCUT2D eigenvalue weighted by atomic mass is 9.88. The first-order chi connectivity index (χ1) is 12.5. The number of halogens is 1. The molecule has 0 spiro atoms. The summed E-state index contributed by atoms with van der Waals surface area (Å²) in [6.45, 7) is 0. The molecule has 7 heteroatoms. The van der Waals surface area contributed by atoms with E-state index in [1.165, 1.54) is 12.6 Å². The molecule has 6 nitrogen and oxygen atoms in total. The molecule has 0 radical (unpaired) electrons. The van der Waals surface area contributed by atoms with Crippen molar-refractivity contribution >= 4 is 17.5 Å². The van der Waals surface area contributed by atoms with Crippen LogP contribution in [0.25, 0.3) is 0 Å². The highest BCUT2D eigenvalue weighted by Crippen LogP contribution is 2.26. The number of benzene rings is 1. The van der Waals surface area contributed by atoms with E-state index in [9.17, 15) is 14.7 Å². The van der Waals surface area contributed by atoms with Crippen molar-refractivity contribution in [2.75, 3.05) is 0 Å². The molecule has 0 saturated heterocycles. The zero-order valence-corrected chi connectivity index (χ0v) is 15.1. The number of aliphatic hydroxyl groups excluding tert-OH is 1. The normalized spacial score (nSPS) is 16.2. The smallest absolute Gasteiger partial charge is 0.345 e. The second-order valence-corrected chi connectivity index (χ2v) is 7.11. The van der Waals surface area contributed by atoms with Crippen LogP contribution in [0.1, 0.15) is 53.7 Å². The standard InChI is InChI=1S/C19H22ClN3O3/c20-16-7-6-12(10-14-8-9-21-19(26)22-14)11-15(16)18(25)23-17(24)13-4-2-1-3-5-13/h6-9,11,13,17,24H,1-5,10H2,(H,23,25)(H,21,22,26). The van der Waals surface area contributed by atoms with Crippen LogP contribution in [0.5, 0.6) is 0 Å². The van der Waals surface area contributed by atoms with Crippen molar-refractivity contribution in [1.82, 2.24) is 15.3 Å². The van der Waals surface area contributed by atoms with Crippen LogP contribution in [0.15, 0.2) is 35.3 Å². The molecule has 1 unspecified atom stereocenters. The maximum absolute atomic E-state index is 12.6.